The summed E-state index contributed by atoms with van der Waals surface area (Å²) in [6.45, 7) is 0. The summed E-state index contributed by atoms with van der Waals surface area (Å²) < 4.78 is 5.23. The van der Waals surface area contributed by atoms with Crippen molar-refractivity contribution in [3.8, 4) is 5.75 Å². The van der Waals surface area contributed by atoms with E-state index in [1.807, 2.05) is 54.6 Å². The van der Waals surface area contributed by atoms with Crippen molar-refractivity contribution < 1.29 is 14.5 Å². The molecule has 156 valence electrons. The molecule has 0 spiro atoms. The van der Waals surface area contributed by atoms with E-state index in [4.69, 9.17) is 16.3 Å². The number of halogens is 1. The highest BCUT2D eigenvalue weighted by atomic mass is 35.5. The summed E-state index contributed by atoms with van der Waals surface area (Å²) in [7, 11) is 1.59. The van der Waals surface area contributed by atoms with Crippen LogP contribution in [-0.2, 0) is 0 Å². The van der Waals surface area contributed by atoms with Gasteiger partial charge in [0.2, 0.25) is 0 Å². The van der Waals surface area contributed by atoms with Crippen LogP contribution in [0.15, 0.2) is 77.9 Å². The topological polar surface area (TPSA) is 85.0 Å². The van der Waals surface area contributed by atoms with Gasteiger partial charge in [0.25, 0.3) is 11.6 Å². The molecule has 3 aromatic rings. The molecule has 0 N–H and O–H groups in total. The number of hydrogen-bond acceptors (Lipinski definition) is 5. The molecule has 8 heteroatoms. The largest absolute Gasteiger partial charge is 0.497 e. The Morgan fingerprint density at radius 1 is 1.13 bits per heavy atom. The van der Waals surface area contributed by atoms with E-state index in [2.05, 4.69) is 5.10 Å². The number of rotatable bonds is 5. The SMILES string of the molecule is COc1ccc([C@@H]2CC(c3ccccc3)=NN2C(=O)c2ccc(Cl)c([N+](=O)[O-])c2)cc1. The van der Waals surface area contributed by atoms with Crippen LogP contribution in [0, 0.1) is 10.1 Å². The first-order chi connectivity index (χ1) is 15.0. The second-order valence-corrected chi connectivity index (χ2v) is 7.39. The molecule has 1 aliphatic heterocycles. The number of carbonyl (C=O) groups excluding carboxylic acids is 1. The van der Waals surface area contributed by atoms with Crippen molar-refractivity contribution in [3.63, 3.8) is 0 Å². The van der Waals surface area contributed by atoms with Gasteiger partial charge in [0.15, 0.2) is 0 Å². The van der Waals surface area contributed by atoms with E-state index in [9.17, 15) is 14.9 Å². The van der Waals surface area contributed by atoms with E-state index in [1.54, 1.807) is 7.11 Å². The Hall–Kier alpha value is -3.71. The second-order valence-electron chi connectivity index (χ2n) is 6.98. The second kappa shape index (κ2) is 8.57. The van der Waals surface area contributed by atoms with Gasteiger partial charge < -0.3 is 4.74 Å². The molecule has 0 saturated carbocycles. The minimum atomic E-state index is -0.608. The summed E-state index contributed by atoms with van der Waals surface area (Å²) in [6.07, 6.45) is 0.512. The minimum absolute atomic E-state index is 0.0249. The fourth-order valence-corrected chi connectivity index (χ4v) is 3.69. The molecule has 1 aliphatic rings. The third kappa shape index (κ3) is 4.13. The first-order valence-electron chi connectivity index (χ1n) is 9.52. The summed E-state index contributed by atoms with van der Waals surface area (Å²) in [6, 6.07) is 20.7. The number of hydrazone groups is 1. The minimum Gasteiger partial charge on any atom is -0.497 e. The van der Waals surface area contributed by atoms with Crippen LogP contribution in [-0.4, -0.2) is 28.7 Å². The van der Waals surface area contributed by atoms with Crippen LogP contribution in [0.3, 0.4) is 0 Å². The average molecular weight is 436 g/mol. The number of benzene rings is 3. The number of amides is 1. The quantitative estimate of drug-likeness (QED) is 0.404. The van der Waals surface area contributed by atoms with Crippen LogP contribution >= 0.6 is 11.6 Å². The van der Waals surface area contributed by atoms with Gasteiger partial charge in [-0.2, -0.15) is 5.10 Å². The van der Waals surface area contributed by atoms with Gasteiger partial charge >= 0.3 is 0 Å². The zero-order valence-electron chi connectivity index (χ0n) is 16.6. The Balaban J connectivity index is 1.74. The van der Waals surface area contributed by atoms with Crippen LogP contribution in [0.2, 0.25) is 5.02 Å². The lowest BCUT2D eigenvalue weighted by Gasteiger charge is -2.22. The van der Waals surface area contributed by atoms with Crippen molar-refractivity contribution in [3.05, 3.63) is 105 Å². The van der Waals surface area contributed by atoms with Crippen molar-refractivity contribution in [1.82, 2.24) is 5.01 Å². The van der Waals surface area contributed by atoms with E-state index in [-0.39, 0.29) is 22.3 Å². The summed E-state index contributed by atoms with van der Waals surface area (Å²) in [5.74, 6) is 0.267. The molecule has 0 radical (unpaired) electrons. The number of nitrogens with zero attached hydrogens (tertiary/aromatic N) is 3. The molecular weight excluding hydrogens is 418 g/mol. The van der Waals surface area contributed by atoms with Crippen LogP contribution in [0.5, 0.6) is 5.75 Å². The Morgan fingerprint density at radius 3 is 2.48 bits per heavy atom. The lowest BCUT2D eigenvalue weighted by molar-refractivity contribution is -0.384. The Labute approximate surface area is 183 Å². The number of hydrogen-bond donors (Lipinski definition) is 0. The molecule has 31 heavy (non-hydrogen) atoms. The monoisotopic (exact) mass is 435 g/mol. The maximum atomic E-state index is 13.3. The summed E-state index contributed by atoms with van der Waals surface area (Å²) in [5.41, 5.74) is 2.39. The highest BCUT2D eigenvalue weighted by Crippen LogP contribution is 2.35. The summed E-state index contributed by atoms with van der Waals surface area (Å²) in [4.78, 5) is 24.0. The predicted octanol–water partition coefficient (Wildman–Crippen LogP) is 5.25. The summed E-state index contributed by atoms with van der Waals surface area (Å²) >= 11 is 5.91. The first kappa shape index (κ1) is 20.6. The van der Waals surface area contributed by atoms with Gasteiger partial charge in [0.05, 0.1) is 23.8 Å². The number of carbonyl (C=O) groups is 1. The Kier molecular flexibility index (Phi) is 5.68. The highest BCUT2D eigenvalue weighted by Gasteiger charge is 2.34. The highest BCUT2D eigenvalue weighted by molar-refractivity contribution is 6.32. The lowest BCUT2D eigenvalue weighted by Crippen LogP contribution is -2.27. The van der Waals surface area contributed by atoms with Gasteiger partial charge in [-0.1, -0.05) is 54.1 Å². The molecular formula is C23H18ClN3O4. The van der Waals surface area contributed by atoms with Crippen LogP contribution in [0.4, 0.5) is 5.69 Å². The molecule has 0 aromatic heterocycles. The number of nitro groups is 1. The molecule has 0 saturated heterocycles. The Bertz CT molecular complexity index is 1160. The molecule has 7 nitrogen and oxygen atoms in total. The standard InChI is InChI=1S/C23H18ClN3O4/c1-31-18-10-7-16(8-11-18)21-14-20(15-5-3-2-4-6-15)25-26(21)23(28)17-9-12-19(24)22(13-17)27(29)30/h2-13,21H,14H2,1H3/t21-/m0/s1. The van der Waals surface area contributed by atoms with Gasteiger partial charge in [-0.25, -0.2) is 5.01 Å². The van der Waals surface area contributed by atoms with E-state index in [0.29, 0.717) is 12.2 Å². The van der Waals surface area contributed by atoms with Gasteiger partial charge in [-0.3, -0.25) is 14.9 Å². The third-order valence-electron chi connectivity index (χ3n) is 5.12. The average Bonchev–Trinajstić information content (AvgIpc) is 3.25. The van der Waals surface area contributed by atoms with Crippen molar-refractivity contribution in [2.75, 3.05) is 7.11 Å². The summed E-state index contributed by atoms with van der Waals surface area (Å²) in [5, 5.41) is 17.2. The van der Waals surface area contributed by atoms with Crippen LogP contribution in [0.1, 0.15) is 33.9 Å². The van der Waals surface area contributed by atoms with Crippen molar-refractivity contribution in [2.45, 2.75) is 12.5 Å². The molecule has 1 heterocycles. The lowest BCUT2D eigenvalue weighted by atomic mass is 9.98. The predicted molar refractivity (Wildman–Crippen MR) is 118 cm³/mol. The molecule has 3 aromatic carbocycles. The fourth-order valence-electron chi connectivity index (χ4n) is 3.51. The zero-order chi connectivity index (χ0) is 22.0. The van der Waals surface area contributed by atoms with E-state index in [1.165, 1.54) is 23.2 Å². The van der Waals surface area contributed by atoms with Gasteiger partial charge in [-0.15, -0.1) is 0 Å². The molecule has 0 fully saturated rings. The van der Waals surface area contributed by atoms with Crippen LogP contribution < -0.4 is 4.74 Å². The smallest absolute Gasteiger partial charge is 0.288 e. The molecule has 1 atom stereocenters. The fraction of sp³-hybridized carbons (Fsp3) is 0.130. The van der Waals surface area contributed by atoms with Gasteiger partial charge in [0.1, 0.15) is 10.8 Å². The number of methoxy groups -OCH3 is 1. The first-order valence-corrected chi connectivity index (χ1v) is 9.90. The molecule has 4 rings (SSSR count). The number of nitro benzene ring substituents is 1. The number of ether oxygens (including phenoxy) is 1. The van der Waals surface area contributed by atoms with E-state index in [0.717, 1.165) is 16.8 Å². The van der Waals surface area contributed by atoms with Crippen LogP contribution in [0.25, 0.3) is 0 Å². The maximum absolute atomic E-state index is 13.3. The van der Waals surface area contributed by atoms with Crippen molar-refractivity contribution in [2.24, 2.45) is 5.10 Å². The van der Waals surface area contributed by atoms with Crippen molar-refractivity contribution >= 4 is 28.9 Å². The van der Waals surface area contributed by atoms with Gasteiger partial charge in [0, 0.05) is 18.1 Å². The molecule has 0 aliphatic carbocycles. The normalized spacial score (nSPS) is 15.5. The maximum Gasteiger partial charge on any atom is 0.288 e. The molecule has 0 unspecified atom stereocenters. The van der Waals surface area contributed by atoms with Crippen molar-refractivity contribution in [1.29, 1.82) is 0 Å². The molecule has 1 amide bonds. The molecule has 0 bridgehead atoms. The zero-order valence-corrected chi connectivity index (χ0v) is 17.3. The third-order valence-corrected chi connectivity index (χ3v) is 5.44. The van der Waals surface area contributed by atoms with E-state index >= 15 is 0 Å². The van der Waals surface area contributed by atoms with E-state index < -0.39 is 10.8 Å². The van der Waals surface area contributed by atoms with Gasteiger partial charge in [-0.05, 0) is 35.4 Å². The Morgan fingerprint density at radius 2 is 1.84 bits per heavy atom.